The number of aryl methyl sites for hydroxylation is 2. The van der Waals surface area contributed by atoms with E-state index >= 15 is 0 Å². The van der Waals surface area contributed by atoms with E-state index in [2.05, 4.69) is 12.0 Å². The molecule has 0 aromatic carbocycles. The Labute approximate surface area is 121 Å². The molecule has 3 nitrogen and oxygen atoms in total. The van der Waals surface area contributed by atoms with Crippen LogP contribution in [0.2, 0.25) is 5.02 Å². The van der Waals surface area contributed by atoms with Crippen LogP contribution in [-0.4, -0.2) is 15.8 Å². The number of halogens is 1. The molecule has 108 valence electrons. The zero-order valence-electron chi connectivity index (χ0n) is 12.3. The first kappa shape index (κ1) is 14.9. The summed E-state index contributed by atoms with van der Waals surface area (Å²) in [5.74, 6) is 1.40. The van der Waals surface area contributed by atoms with Gasteiger partial charge in [0.05, 0.1) is 16.4 Å². The molecule has 0 saturated heterocycles. The van der Waals surface area contributed by atoms with Crippen LogP contribution in [0.4, 0.5) is 0 Å². The maximum atomic E-state index is 6.35. The predicted molar refractivity (Wildman–Crippen MR) is 80.4 cm³/mol. The first-order chi connectivity index (χ1) is 9.02. The Bertz CT molecular complexity index is 427. The predicted octanol–water partition coefficient (Wildman–Crippen LogP) is 3.47. The van der Waals surface area contributed by atoms with Gasteiger partial charge in [-0.2, -0.15) is 5.10 Å². The van der Waals surface area contributed by atoms with Crippen molar-refractivity contribution in [3.63, 3.8) is 0 Å². The second kappa shape index (κ2) is 6.27. The SMILES string of the molecule is CCCC1CCC(N)C(Cc2c(Cl)c(C)nn2C)C1. The van der Waals surface area contributed by atoms with E-state index < -0.39 is 0 Å². The fourth-order valence-electron chi connectivity index (χ4n) is 3.44. The average molecular weight is 284 g/mol. The van der Waals surface area contributed by atoms with Crippen molar-refractivity contribution in [3.05, 3.63) is 16.4 Å². The maximum Gasteiger partial charge on any atom is 0.0847 e. The topological polar surface area (TPSA) is 43.8 Å². The van der Waals surface area contributed by atoms with E-state index in [4.69, 9.17) is 17.3 Å². The molecule has 0 aliphatic heterocycles. The number of hydrogen-bond acceptors (Lipinski definition) is 2. The van der Waals surface area contributed by atoms with Gasteiger partial charge in [0, 0.05) is 13.1 Å². The van der Waals surface area contributed by atoms with Crippen molar-refractivity contribution in [3.8, 4) is 0 Å². The monoisotopic (exact) mass is 283 g/mol. The van der Waals surface area contributed by atoms with Crippen LogP contribution < -0.4 is 5.73 Å². The Morgan fingerprint density at radius 3 is 2.74 bits per heavy atom. The molecule has 1 fully saturated rings. The normalized spacial score (nSPS) is 27.7. The lowest BCUT2D eigenvalue weighted by molar-refractivity contribution is 0.219. The largest absolute Gasteiger partial charge is 0.327 e. The van der Waals surface area contributed by atoms with Crippen LogP contribution in [0.25, 0.3) is 0 Å². The molecule has 1 aliphatic carbocycles. The highest BCUT2D eigenvalue weighted by atomic mass is 35.5. The van der Waals surface area contributed by atoms with E-state index in [-0.39, 0.29) is 0 Å². The second-order valence-electron chi connectivity index (χ2n) is 6.07. The van der Waals surface area contributed by atoms with Crippen molar-refractivity contribution in [2.24, 2.45) is 24.6 Å². The summed E-state index contributed by atoms with van der Waals surface area (Å²) in [5.41, 5.74) is 8.39. The van der Waals surface area contributed by atoms with Crippen LogP contribution in [0.5, 0.6) is 0 Å². The summed E-state index contributed by atoms with van der Waals surface area (Å²) in [6.45, 7) is 4.23. The van der Waals surface area contributed by atoms with Gasteiger partial charge in [-0.15, -0.1) is 0 Å². The van der Waals surface area contributed by atoms with Crippen molar-refractivity contribution in [1.82, 2.24) is 9.78 Å². The van der Waals surface area contributed by atoms with Gasteiger partial charge in [-0.05, 0) is 44.4 Å². The molecule has 2 N–H and O–H groups in total. The molecule has 0 amide bonds. The van der Waals surface area contributed by atoms with E-state index in [1.165, 1.54) is 25.7 Å². The van der Waals surface area contributed by atoms with Gasteiger partial charge in [0.2, 0.25) is 0 Å². The molecule has 3 unspecified atom stereocenters. The molecule has 1 aliphatic rings. The molecule has 1 aromatic heterocycles. The Kier molecular flexibility index (Phi) is 4.91. The lowest BCUT2D eigenvalue weighted by atomic mass is 9.75. The number of nitrogens with two attached hydrogens (primary N) is 1. The minimum Gasteiger partial charge on any atom is -0.327 e. The summed E-state index contributed by atoms with van der Waals surface area (Å²) in [6.07, 6.45) is 7.28. The molecule has 2 rings (SSSR count). The zero-order valence-corrected chi connectivity index (χ0v) is 13.1. The molecular formula is C15H26ClN3. The third-order valence-corrected chi connectivity index (χ3v) is 5.06. The molecule has 1 aromatic rings. The van der Waals surface area contributed by atoms with Gasteiger partial charge in [0.1, 0.15) is 0 Å². The summed E-state index contributed by atoms with van der Waals surface area (Å²) in [5, 5.41) is 5.23. The highest BCUT2D eigenvalue weighted by molar-refractivity contribution is 6.31. The summed E-state index contributed by atoms with van der Waals surface area (Å²) in [7, 11) is 1.98. The summed E-state index contributed by atoms with van der Waals surface area (Å²) in [6, 6.07) is 0.319. The maximum absolute atomic E-state index is 6.35. The first-order valence-corrected chi connectivity index (χ1v) is 7.84. The van der Waals surface area contributed by atoms with Gasteiger partial charge in [-0.25, -0.2) is 0 Å². The van der Waals surface area contributed by atoms with Crippen molar-refractivity contribution in [1.29, 1.82) is 0 Å². The van der Waals surface area contributed by atoms with Gasteiger partial charge in [-0.3, -0.25) is 4.68 Å². The molecule has 1 heterocycles. The van der Waals surface area contributed by atoms with E-state index in [1.54, 1.807) is 0 Å². The molecule has 4 heteroatoms. The number of hydrogen-bond donors (Lipinski definition) is 1. The van der Waals surface area contributed by atoms with Crippen LogP contribution in [0.1, 0.15) is 50.4 Å². The second-order valence-corrected chi connectivity index (χ2v) is 6.44. The molecular weight excluding hydrogens is 258 g/mol. The molecule has 3 atom stereocenters. The molecule has 1 saturated carbocycles. The van der Waals surface area contributed by atoms with Crippen LogP contribution in [0.3, 0.4) is 0 Å². The summed E-state index contributed by atoms with van der Waals surface area (Å²) >= 11 is 6.35. The number of rotatable bonds is 4. The quantitative estimate of drug-likeness (QED) is 0.919. The molecule has 0 spiro atoms. The third kappa shape index (κ3) is 3.32. The van der Waals surface area contributed by atoms with Gasteiger partial charge in [-0.1, -0.05) is 31.4 Å². The van der Waals surface area contributed by atoms with Crippen LogP contribution in [0, 0.1) is 18.8 Å². The smallest absolute Gasteiger partial charge is 0.0847 e. The van der Waals surface area contributed by atoms with E-state index in [1.807, 2.05) is 18.7 Å². The lowest BCUT2D eigenvalue weighted by Crippen LogP contribution is -2.37. The van der Waals surface area contributed by atoms with Gasteiger partial charge >= 0.3 is 0 Å². The molecule has 19 heavy (non-hydrogen) atoms. The van der Waals surface area contributed by atoms with E-state index in [0.717, 1.165) is 35.2 Å². The van der Waals surface area contributed by atoms with Crippen molar-refractivity contribution >= 4 is 11.6 Å². The Balaban J connectivity index is 2.07. The first-order valence-electron chi connectivity index (χ1n) is 7.46. The fraction of sp³-hybridized carbons (Fsp3) is 0.800. The average Bonchev–Trinajstić information content (AvgIpc) is 2.60. The highest BCUT2D eigenvalue weighted by Gasteiger charge is 2.29. The number of aromatic nitrogens is 2. The van der Waals surface area contributed by atoms with Crippen LogP contribution in [-0.2, 0) is 13.5 Å². The molecule has 0 radical (unpaired) electrons. The standard InChI is InChI=1S/C15H26ClN3/c1-4-5-11-6-7-13(17)12(8-11)9-14-15(16)10(2)18-19(14)3/h11-13H,4-9,17H2,1-3H3. The fourth-order valence-corrected chi connectivity index (χ4v) is 3.68. The molecule has 0 bridgehead atoms. The zero-order chi connectivity index (χ0) is 14.0. The van der Waals surface area contributed by atoms with Crippen molar-refractivity contribution < 1.29 is 0 Å². The minimum absolute atomic E-state index is 0.319. The van der Waals surface area contributed by atoms with Crippen LogP contribution >= 0.6 is 11.6 Å². The third-order valence-electron chi connectivity index (χ3n) is 4.56. The van der Waals surface area contributed by atoms with Gasteiger partial charge < -0.3 is 5.73 Å². The Morgan fingerprint density at radius 2 is 2.16 bits per heavy atom. The number of nitrogens with zero attached hydrogens (tertiary/aromatic N) is 2. The van der Waals surface area contributed by atoms with E-state index in [0.29, 0.717) is 12.0 Å². The van der Waals surface area contributed by atoms with Gasteiger partial charge in [0.15, 0.2) is 0 Å². The lowest BCUT2D eigenvalue weighted by Gasteiger charge is -2.34. The van der Waals surface area contributed by atoms with Crippen molar-refractivity contribution in [2.75, 3.05) is 0 Å². The van der Waals surface area contributed by atoms with Gasteiger partial charge in [0.25, 0.3) is 0 Å². The highest BCUT2D eigenvalue weighted by Crippen LogP contribution is 2.34. The van der Waals surface area contributed by atoms with Crippen LogP contribution in [0.15, 0.2) is 0 Å². The summed E-state index contributed by atoms with van der Waals surface area (Å²) < 4.78 is 1.92. The van der Waals surface area contributed by atoms with E-state index in [9.17, 15) is 0 Å². The summed E-state index contributed by atoms with van der Waals surface area (Å²) in [4.78, 5) is 0. The Morgan fingerprint density at radius 1 is 1.42 bits per heavy atom. The minimum atomic E-state index is 0.319. The Hall–Kier alpha value is -0.540. The van der Waals surface area contributed by atoms with Crippen molar-refractivity contribution in [2.45, 2.75) is 58.4 Å².